The molecule has 0 atom stereocenters. The number of unbranched alkanes of at least 4 members (excludes halogenated alkanes) is 1. The maximum absolute atomic E-state index is 5.50. The van der Waals surface area contributed by atoms with E-state index in [0.29, 0.717) is 6.61 Å². The van der Waals surface area contributed by atoms with E-state index >= 15 is 0 Å². The molecule has 2 N–H and O–H groups in total. The van der Waals surface area contributed by atoms with Gasteiger partial charge in [0.15, 0.2) is 0 Å². The van der Waals surface area contributed by atoms with Crippen LogP contribution in [-0.4, -0.2) is 20.8 Å². The van der Waals surface area contributed by atoms with Crippen LogP contribution in [0.5, 0.6) is 5.75 Å². The molecule has 0 amide bonds. The predicted molar refractivity (Wildman–Crippen MR) is 65.7 cm³/mol. The first-order chi connectivity index (χ1) is 7.81. The van der Waals surface area contributed by atoms with Crippen molar-refractivity contribution in [2.75, 3.05) is 20.8 Å². The van der Waals surface area contributed by atoms with Crippen LogP contribution in [0.4, 0.5) is 0 Å². The van der Waals surface area contributed by atoms with Crippen LogP contribution in [0.1, 0.15) is 24.0 Å². The quantitative estimate of drug-likeness (QED) is 0.720. The number of hydrogen-bond donors (Lipinski definition) is 1. The molecule has 0 aliphatic carbocycles. The molecule has 0 aliphatic rings. The van der Waals surface area contributed by atoms with Gasteiger partial charge in [0.25, 0.3) is 0 Å². The summed E-state index contributed by atoms with van der Waals surface area (Å²) in [6.45, 7) is 1.41. The fraction of sp³-hybridized carbons (Fsp3) is 0.538. The third kappa shape index (κ3) is 3.83. The molecule has 0 bridgehead atoms. The smallest absolute Gasteiger partial charge is 0.119 e. The van der Waals surface area contributed by atoms with Gasteiger partial charge in [-0.25, -0.2) is 0 Å². The lowest BCUT2D eigenvalue weighted by Crippen LogP contribution is -2.01. The van der Waals surface area contributed by atoms with Crippen LogP contribution in [0.25, 0.3) is 0 Å². The van der Waals surface area contributed by atoms with E-state index in [1.165, 1.54) is 11.1 Å². The first kappa shape index (κ1) is 13.0. The van der Waals surface area contributed by atoms with Crippen LogP contribution in [0, 0.1) is 0 Å². The second-order valence-electron chi connectivity index (χ2n) is 3.81. The number of benzene rings is 1. The summed E-state index contributed by atoms with van der Waals surface area (Å²) in [7, 11) is 3.41. The first-order valence-corrected chi connectivity index (χ1v) is 5.66. The summed E-state index contributed by atoms with van der Waals surface area (Å²) in [5, 5.41) is 0. The van der Waals surface area contributed by atoms with Crippen molar-refractivity contribution < 1.29 is 9.47 Å². The summed E-state index contributed by atoms with van der Waals surface area (Å²) in [5.41, 5.74) is 8.03. The van der Waals surface area contributed by atoms with Crippen LogP contribution in [0.3, 0.4) is 0 Å². The maximum atomic E-state index is 5.50. The third-order valence-corrected chi connectivity index (χ3v) is 2.61. The van der Waals surface area contributed by atoms with E-state index in [-0.39, 0.29) is 0 Å². The fourth-order valence-electron chi connectivity index (χ4n) is 1.72. The van der Waals surface area contributed by atoms with Gasteiger partial charge in [-0.05, 0) is 49.1 Å². The van der Waals surface area contributed by atoms with Crippen LogP contribution in [0.15, 0.2) is 18.2 Å². The van der Waals surface area contributed by atoms with Crippen molar-refractivity contribution in [1.82, 2.24) is 0 Å². The monoisotopic (exact) mass is 223 g/mol. The highest BCUT2D eigenvalue weighted by Gasteiger charge is 2.04. The van der Waals surface area contributed by atoms with E-state index in [1.54, 1.807) is 14.2 Å². The highest BCUT2D eigenvalue weighted by atomic mass is 16.5. The zero-order chi connectivity index (χ0) is 11.8. The standard InChI is InChI=1S/C13H21NO2/c1-15-10-12-6-7-13(16-2)9-11(12)5-3-4-8-14/h6-7,9H,3-5,8,10,14H2,1-2H3. The molecule has 0 saturated carbocycles. The van der Waals surface area contributed by atoms with Gasteiger partial charge in [0.05, 0.1) is 13.7 Å². The molecular formula is C13H21NO2. The number of methoxy groups -OCH3 is 2. The summed E-state index contributed by atoms with van der Waals surface area (Å²) >= 11 is 0. The molecule has 1 aromatic carbocycles. The Hall–Kier alpha value is -1.06. The van der Waals surface area contributed by atoms with Gasteiger partial charge in [-0.1, -0.05) is 6.07 Å². The molecule has 0 unspecified atom stereocenters. The fourth-order valence-corrected chi connectivity index (χ4v) is 1.72. The van der Waals surface area contributed by atoms with Gasteiger partial charge in [-0.2, -0.15) is 0 Å². The Morgan fingerprint density at radius 1 is 1.12 bits per heavy atom. The molecule has 16 heavy (non-hydrogen) atoms. The van der Waals surface area contributed by atoms with Crippen LogP contribution in [0.2, 0.25) is 0 Å². The number of nitrogens with two attached hydrogens (primary N) is 1. The molecule has 1 rings (SSSR count). The second-order valence-corrected chi connectivity index (χ2v) is 3.81. The minimum absolute atomic E-state index is 0.655. The van der Waals surface area contributed by atoms with Crippen LogP contribution in [-0.2, 0) is 17.8 Å². The first-order valence-electron chi connectivity index (χ1n) is 5.66. The Kier molecular flexibility index (Phi) is 5.90. The number of ether oxygens (including phenoxy) is 2. The Labute approximate surface area is 97.6 Å². The topological polar surface area (TPSA) is 44.5 Å². The van der Waals surface area contributed by atoms with E-state index in [2.05, 4.69) is 12.1 Å². The Balaban J connectivity index is 2.74. The molecule has 0 radical (unpaired) electrons. The van der Waals surface area contributed by atoms with Gasteiger partial charge in [-0.15, -0.1) is 0 Å². The Bertz CT molecular complexity index is 313. The average Bonchev–Trinajstić information content (AvgIpc) is 2.31. The van der Waals surface area contributed by atoms with E-state index in [9.17, 15) is 0 Å². The Morgan fingerprint density at radius 3 is 2.56 bits per heavy atom. The van der Waals surface area contributed by atoms with Crippen molar-refractivity contribution >= 4 is 0 Å². The van der Waals surface area contributed by atoms with Gasteiger partial charge in [0, 0.05) is 7.11 Å². The molecule has 0 fully saturated rings. The number of aryl methyl sites for hydroxylation is 1. The number of rotatable bonds is 7. The summed E-state index contributed by atoms with van der Waals surface area (Å²) in [6, 6.07) is 6.13. The molecule has 0 saturated heterocycles. The van der Waals surface area contributed by atoms with E-state index in [4.69, 9.17) is 15.2 Å². The molecule has 3 heteroatoms. The van der Waals surface area contributed by atoms with Crippen molar-refractivity contribution in [2.45, 2.75) is 25.9 Å². The Morgan fingerprint density at radius 2 is 1.94 bits per heavy atom. The van der Waals surface area contributed by atoms with E-state index in [0.717, 1.165) is 31.6 Å². The molecule has 0 heterocycles. The lowest BCUT2D eigenvalue weighted by atomic mass is 10.0. The number of hydrogen-bond acceptors (Lipinski definition) is 3. The molecule has 1 aromatic rings. The lowest BCUT2D eigenvalue weighted by molar-refractivity contribution is 0.184. The van der Waals surface area contributed by atoms with Crippen LogP contribution < -0.4 is 10.5 Å². The molecule has 0 spiro atoms. The normalized spacial score (nSPS) is 10.4. The molecular weight excluding hydrogens is 202 g/mol. The van der Waals surface area contributed by atoms with Gasteiger partial charge < -0.3 is 15.2 Å². The minimum Gasteiger partial charge on any atom is -0.497 e. The van der Waals surface area contributed by atoms with Crippen molar-refractivity contribution in [3.05, 3.63) is 29.3 Å². The highest BCUT2D eigenvalue weighted by Crippen LogP contribution is 2.20. The van der Waals surface area contributed by atoms with Crippen molar-refractivity contribution in [3.8, 4) is 5.75 Å². The van der Waals surface area contributed by atoms with Gasteiger partial charge in [0.2, 0.25) is 0 Å². The third-order valence-electron chi connectivity index (χ3n) is 2.61. The molecule has 90 valence electrons. The lowest BCUT2D eigenvalue weighted by Gasteiger charge is -2.10. The largest absolute Gasteiger partial charge is 0.497 e. The second kappa shape index (κ2) is 7.25. The van der Waals surface area contributed by atoms with E-state index in [1.807, 2.05) is 6.07 Å². The van der Waals surface area contributed by atoms with Crippen molar-refractivity contribution in [2.24, 2.45) is 5.73 Å². The summed E-state index contributed by atoms with van der Waals surface area (Å²) in [5.74, 6) is 0.905. The zero-order valence-corrected chi connectivity index (χ0v) is 10.2. The van der Waals surface area contributed by atoms with E-state index < -0.39 is 0 Å². The SMILES string of the molecule is COCc1ccc(OC)cc1CCCCN. The van der Waals surface area contributed by atoms with Crippen molar-refractivity contribution in [3.63, 3.8) is 0 Å². The zero-order valence-electron chi connectivity index (χ0n) is 10.2. The van der Waals surface area contributed by atoms with Crippen molar-refractivity contribution in [1.29, 1.82) is 0 Å². The molecule has 0 aliphatic heterocycles. The maximum Gasteiger partial charge on any atom is 0.119 e. The summed E-state index contributed by atoms with van der Waals surface area (Å²) < 4.78 is 10.4. The molecule has 0 aromatic heterocycles. The average molecular weight is 223 g/mol. The minimum atomic E-state index is 0.655. The summed E-state index contributed by atoms with van der Waals surface area (Å²) in [6.07, 6.45) is 3.21. The van der Waals surface area contributed by atoms with Gasteiger partial charge in [-0.3, -0.25) is 0 Å². The highest BCUT2D eigenvalue weighted by molar-refractivity contribution is 5.35. The molecule has 3 nitrogen and oxygen atoms in total. The van der Waals surface area contributed by atoms with Crippen LogP contribution >= 0.6 is 0 Å². The van der Waals surface area contributed by atoms with Gasteiger partial charge in [0.1, 0.15) is 5.75 Å². The summed E-state index contributed by atoms with van der Waals surface area (Å²) in [4.78, 5) is 0. The van der Waals surface area contributed by atoms with Gasteiger partial charge >= 0.3 is 0 Å². The predicted octanol–water partition coefficient (Wildman–Crippen LogP) is 2.12.